The fourth-order valence-electron chi connectivity index (χ4n) is 3.75. The summed E-state index contributed by atoms with van der Waals surface area (Å²) in [5.74, 6) is 0.708. The first kappa shape index (κ1) is 14.0. The van der Waals surface area contributed by atoms with E-state index in [9.17, 15) is 8.42 Å². The average Bonchev–Trinajstić information content (AvgIpc) is 2.50. The van der Waals surface area contributed by atoms with E-state index in [0.717, 1.165) is 32.5 Å². The minimum atomic E-state index is -3.32. The number of benzene rings is 1. The molecule has 2 bridgehead atoms. The molecule has 2 N–H and O–H groups in total. The molecule has 0 aromatic heterocycles. The Kier molecular flexibility index (Phi) is 3.84. The number of nitrogens with zero attached hydrogens (tertiary/aromatic N) is 1. The SMILES string of the molecule is NCC(C1CN2CCC1CC2)S(=O)(=O)c1ccccc1. The van der Waals surface area contributed by atoms with Gasteiger partial charge < -0.3 is 10.6 Å². The van der Waals surface area contributed by atoms with Gasteiger partial charge in [0, 0.05) is 13.1 Å². The molecule has 3 saturated heterocycles. The van der Waals surface area contributed by atoms with Crippen molar-refractivity contribution in [2.24, 2.45) is 17.6 Å². The van der Waals surface area contributed by atoms with E-state index in [0.29, 0.717) is 10.8 Å². The Balaban J connectivity index is 1.90. The van der Waals surface area contributed by atoms with Crippen LogP contribution in [0.2, 0.25) is 0 Å². The lowest BCUT2D eigenvalue weighted by Gasteiger charge is -2.47. The van der Waals surface area contributed by atoms with Gasteiger partial charge in [-0.15, -0.1) is 0 Å². The van der Waals surface area contributed by atoms with Crippen molar-refractivity contribution < 1.29 is 8.42 Å². The molecule has 0 amide bonds. The molecule has 110 valence electrons. The summed E-state index contributed by atoms with van der Waals surface area (Å²) in [5.41, 5.74) is 5.86. The highest BCUT2D eigenvalue weighted by molar-refractivity contribution is 7.92. The molecule has 4 nitrogen and oxygen atoms in total. The summed E-state index contributed by atoms with van der Waals surface area (Å²) < 4.78 is 25.7. The molecule has 2 unspecified atom stereocenters. The third kappa shape index (κ3) is 2.38. The number of hydrogen-bond donors (Lipinski definition) is 1. The van der Waals surface area contributed by atoms with Crippen molar-refractivity contribution in [1.29, 1.82) is 0 Å². The van der Waals surface area contributed by atoms with Crippen LogP contribution in [0.4, 0.5) is 0 Å². The van der Waals surface area contributed by atoms with Gasteiger partial charge in [0.25, 0.3) is 0 Å². The fraction of sp³-hybridized carbons (Fsp3) is 0.600. The zero-order valence-corrected chi connectivity index (χ0v) is 12.4. The number of nitrogens with two attached hydrogens (primary N) is 1. The Hall–Kier alpha value is -0.910. The topological polar surface area (TPSA) is 63.4 Å². The molecule has 2 atom stereocenters. The first-order chi connectivity index (χ1) is 9.63. The van der Waals surface area contributed by atoms with Crippen molar-refractivity contribution >= 4 is 9.84 Å². The van der Waals surface area contributed by atoms with Crippen LogP contribution < -0.4 is 5.73 Å². The molecule has 5 heteroatoms. The highest BCUT2D eigenvalue weighted by atomic mass is 32.2. The van der Waals surface area contributed by atoms with Gasteiger partial charge in [-0.1, -0.05) is 18.2 Å². The van der Waals surface area contributed by atoms with Gasteiger partial charge >= 0.3 is 0 Å². The quantitative estimate of drug-likeness (QED) is 0.904. The number of piperidine rings is 3. The van der Waals surface area contributed by atoms with Crippen LogP contribution in [0.1, 0.15) is 12.8 Å². The van der Waals surface area contributed by atoms with E-state index in [1.807, 2.05) is 6.07 Å². The number of hydrogen-bond acceptors (Lipinski definition) is 4. The third-order valence-corrected chi connectivity index (χ3v) is 7.16. The normalized spacial score (nSPS) is 31.1. The molecule has 3 aliphatic rings. The molecule has 0 radical (unpaired) electrons. The number of sulfone groups is 1. The highest BCUT2D eigenvalue weighted by Gasteiger charge is 2.43. The lowest BCUT2D eigenvalue weighted by Crippen LogP contribution is -2.54. The van der Waals surface area contributed by atoms with Crippen molar-refractivity contribution in [3.8, 4) is 0 Å². The predicted molar refractivity (Wildman–Crippen MR) is 79.1 cm³/mol. The van der Waals surface area contributed by atoms with Crippen molar-refractivity contribution in [3.63, 3.8) is 0 Å². The average molecular weight is 294 g/mol. The molecule has 1 aromatic carbocycles. The van der Waals surface area contributed by atoms with Crippen LogP contribution in [0, 0.1) is 11.8 Å². The minimum Gasteiger partial charge on any atom is -0.329 e. The van der Waals surface area contributed by atoms with E-state index >= 15 is 0 Å². The second-order valence-corrected chi connectivity index (χ2v) is 8.10. The smallest absolute Gasteiger partial charge is 0.182 e. The van der Waals surface area contributed by atoms with Gasteiger partial charge in [0.05, 0.1) is 10.1 Å². The summed E-state index contributed by atoms with van der Waals surface area (Å²) >= 11 is 0. The summed E-state index contributed by atoms with van der Waals surface area (Å²) in [7, 11) is -3.32. The highest BCUT2D eigenvalue weighted by Crippen LogP contribution is 2.37. The Labute approximate surface area is 120 Å². The molecule has 1 aromatic rings. The van der Waals surface area contributed by atoms with E-state index in [4.69, 9.17) is 5.73 Å². The van der Waals surface area contributed by atoms with E-state index in [1.54, 1.807) is 24.3 Å². The van der Waals surface area contributed by atoms with Crippen molar-refractivity contribution in [3.05, 3.63) is 30.3 Å². The van der Waals surface area contributed by atoms with Gasteiger partial charge in [-0.2, -0.15) is 0 Å². The Morgan fingerprint density at radius 2 is 1.85 bits per heavy atom. The summed E-state index contributed by atoms with van der Waals surface area (Å²) in [4.78, 5) is 2.79. The van der Waals surface area contributed by atoms with Gasteiger partial charge in [0.15, 0.2) is 9.84 Å². The second-order valence-electron chi connectivity index (χ2n) is 5.93. The first-order valence-electron chi connectivity index (χ1n) is 7.34. The van der Waals surface area contributed by atoms with Crippen LogP contribution >= 0.6 is 0 Å². The van der Waals surface area contributed by atoms with Crippen LogP contribution in [-0.4, -0.2) is 44.7 Å². The zero-order chi connectivity index (χ0) is 14.2. The maximum Gasteiger partial charge on any atom is 0.182 e. The van der Waals surface area contributed by atoms with Crippen LogP contribution in [0.15, 0.2) is 35.2 Å². The third-order valence-electron chi connectivity index (χ3n) is 4.89. The van der Waals surface area contributed by atoms with Crippen LogP contribution in [0.3, 0.4) is 0 Å². The summed E-state index contributed by atoms with van der Waals surface area (Å²) in [6.07, 6.45) is 2.23. The number of rotatable bonds is 4. The molecule has 20 heavy (non-hydrogen) atoms. The molecular weight excluding hydrogens is 272 g/mol. The first-order valence-corrected chi connectivity index (χ1v) is 8.89. The maximum absolute atomic E-state index is 12.8. The molecule has 0 saturated carbocycles. The van der Waals surface area contributed by atoms with Gasteiger partial charge in [-0.3, -0.25) is 0 Å². The van der Waals surface area contributed by atoms with Crippen molar-refractivity contribution in [2.75, 3.05) is 26.2 Å². The summed E-state index contributed by atoms with van der Waals surface area (Å²) in [6, 6.07) is 8.75. The molecular formula is C15H22N2O2S. The van der Waals surface area contributed by atoms with Crippen LogP contribution in [0.25, 0.3) is 0 Å². The Bertz CT molecular complexity index is 550. The molecule has 3 aliphatic heterocycles. The van der Waals surface area contributed by atoms with E-state index in [1.165, 1.54) is 0 Å². The molecule has 3 fully saturated rings. The predicted octanol–water partition coefficient (Wildman–Crippen LogP) is 1.13. The lowest BCUT2D eigenvalue weighted by molar-refractivity contribution is 0.0496. The molecule has 0 aliphatic carbocycles. The van der Waals surface area contributed by atoms with E-state index < -0.39 is 15.1 Å². The fourth-order valence-corrected chi connectivity index (χ4v) is 5.66. The molecule has 3 heterocycles. The monoisotopic (exact) mass is 294 g/mol. The van der Waals surface area contributed by atoms with Crippen molar-refractivity contribution in [2.45, 2.75) is 23.0 Å². The zero-order valence-electron chi connectivity index (χ0n) is 11.6. The van der Waals surface area contributed by atoms with Gasteiger partial charge in [-0.25, -0.2) is 8.42 Å². The maximum atomic E-state index is 12.8. The van der Waals surface area contributed by atoms with Gasteiger partial charge in [-0.05, 0) is 49.9 Å². The largest absolute Gasteiger partial charge is 0.329 e. The summed E-state index contributed by atoms with van der Waals surface area (Å²) in [5, 5.41) is -0.446. The summed E-state index contributed by atoms with van der Waals surface area (Å²) in [6.45, 7) is 3.33. The molecule has 4 rings (SSSR count). The Morgan fingerprint density at radius 3 is 2.35 bits per heavy atom. The van der Waals surface area contributed by atoms with Gasteiger partial charge in [0.2, 0.25) is 0 Å². The second kappa shape index (κ2) is 5.47. The van der Waals surface area contributed by atoms with Crippen LogP contribution in [0.5, 0.6) is 0 Å². The number of fused-ring (bicyclic) bond motifs is 3. The lowest BCUT2D eigenvalue weighted by atomic mass is 9.77. The van der Waals surface area contributed by atoms with Gasteiger partial charge in [0.1, 0.15) is 0 Å². The van der Waals surface area contributed by atoms with E-state index in [2.05, 4.69) is 4.90 Å². The van der Waals surface area contributed by atoms with E-state index in [-0.39, 0.29) is 12.5 Å². The molecule has 0 spiro atoms. The van der Waals surface area contributed by atoms with Crippen LogP contribution in [-0.2, 0) is 9.84 Å². The minimum absolute atomic E-state index is 0.188. The Morgan fingerprint density at radius 1 is 1.20 bits per heavy atom. The standard InChI is InChI=1S/C15H22N2O2S/c16-10-15(14-11-17-8-6-12(14)7-9-17)20(18,19)13-4-2-1-3-5-13/h1-5,12,14-15H,6-11,16H2. The van der Waals surface area contributed by atoms with Crippen molar-refractivity contribution in [1.82, 2.24) is 4.90 Å².